The molecule has 0 aliphatic heterocycles. The molecule has 7 nitrogen and oxygen atoms in total. The Bertz CT molecular complexity index is 931. The van der Waals surface area contributed by atoms with E-state index in [1.807, 2.05) is 6.07 Å². The zero-order valence-electron chi connectivity index (χ0n) is 13.7. The van der Waals surface area contributed by atoms with Gasteiger partial charge in [-0.1, -0.05) is 0 Å². The number of carbonyl (C=O) groups is 2. The number of ether oxygens (including phenoxy) is 1. The van der Waals surface area contributed by atoms with Crippen LogP contribution in [-0.4, -0.2) is 31.8 Å². The predicted octanol–water partition coefficient (Wildman–Crippen LogP) is 3.21. The molecule has 0 atom stereocenters. The number of hydrogen-bond acceptors (Lipinski definition) is 4. The molecule has 0 fully saturated rings. The molecule has 0 aliphatic carbocycles. The molecule has 3 rings (SSSR count). The van der Waals surface area contributed by atoms with Crippen molar-refractivity contribution in [1.82, 2.24) is 14.1 Å². The minimum atomic E-state index is -0.614. The highest BCUT2D eigenvalue weighted by atomic mass is 16.6. The lowest BCUT2D eigenvalue weighted by Gasteiger charge is -2.20. The summed E-state index contributed by atoms with van der Waals surface area (Å²) in [5, 5.41) is 0.785. The van der Waals surface area contributed by atoms with Gasteiger partial charge in [-0.25, -0.2) is 14.6 Å². The number of rotatable bonds is 1. The van der Waals surface area contributed by atoms with Gasteiger partial charge in [0.05, 0.1) is 11.4 Å². The monoisotopic (exact) mass is 326 g/mol. The maximum absolute atomic E-state index is 12.3. The van der Waals surface area contributed by atoms with Crippen LogP contribution in [0.2, 0.25) is 0 Å². The van der Waals surface area contributed by atoms with Crippen LogP contribution >= 0.6 is 0 Å². The van der Waals surface area contributed by atoms with Gasteiger partial charge in [0.1, 0.15) is 11.2 Å². The lowest BCUT2D eigenvalue weighted by molar-refractivity contribution is 0.0540. The Morgan fingerprint density at radius 3 is 2.50 bits per heavy atom. The van der Waals surface area contributed by atoms with E-state index in [0.717, 1.165) is 5.39 Å². The van der Waals surface area contributed by atoms with E-state index in [1.165, 1.54) is 9.13 Å². The van der Waals surface area contributed by atoms with Crippen LogP contribution in [0, 0.1) is 0 Å². The zero-order valence-corrected chi connectivity index (χ0v) is 13.7. The van der Waals surface area contributed by atoms with Gasteiger partial charge >= 0.3 is 12.1 Å². The average Bonchev–Trinajstić information content (AvgIpc) is 3.11. The van der Waals surface area contributed by atoms with Crippen molar-refractivity contribution >= 4 is 23.2 Å². The topological polar surface area (TPSA) is 92.1 Å². The van der Waals surface area contributed by atoms with E-state index < -0.39 is 17.7 Å². The molecule has 0 saturated carbocycles. The summed E-state index contributed by atoms with van der Waals surface area (Å²) in [6.07, 6.45) is 2.69. The molecule has 0 spiro atoms. The van der Waals surface area contributed by atoms with Gasteiger partial charge in [0.2, 0.25) is 0 Å². The van der Waals surface area contributed by atoms with Gasteiger partial charge in [-0.15, -0.1) is 0 Å². The molecule has 24 heavy (non-hydrogen) atoms. The molecule has 0 saturated heterocycles. The highest BCUT2D eigenvalue weighted by molar-refractivity contribution is 5.90. The number of nitrogens with two attached hydrogens (primary N) is 1. The summed E-state index contributed by atoms with van der Waals surface area (Å²) in [6.45, 7) is 5.41. The largest absolute Gasteiger partial charge is 0.443 e. The lowest BCUT2D eigenvalue weighted by atomic mass is 10.2. The SMILES string of the molecule is CC(C)(C)OC(=O)n1cccc1-c1ccc2ccn(C(N)=O)c2n1. The van der Waals surface area contributed by atoms with Crippen LogP contribution in [0.4, 0.5) is 9.59 Å². The molecule has 2 N–H and O–H groups in total. The summed E-state index contributed by atoms with van der Waals surface area (Å²) < 4.78 is 8.04. The highest BCUT2D eigenvalue weighted by Gasteiger charge is 2.20. The molecule has 3 heterocycles. The average molecular weight is 326 g/mol. The number of pyridine rings is 1. The van der Waals surface area contributed by atoms with E-state index in [-0.39, 0.29) is 0 Å². The molecule has 7 heteroatoms. The van der Waals surface area contributed by atoms with Gasteiger partial charge in [-0.2, -0.15) is 0 Å². The Morgan fingerprint density at radius 2 is 1.83 bits per heavy atom. The van der Waals surface area contributed by atoms with Crippen molar-refractivity contribution in [1.29, 1.82) is 0 Å². The number of aromatic nitrogens is 3. The first-order valence-electron chi connectivity index (χ1n) is 7.45. The quantitative estimate of drug-likeness (QED) is 0.743. The van der Waals surface area contributed by atoms with Gasteiger partial charge < -0.3 is 10.5 Å². The fourth-order valence-electron chi connectivity index (χ4n) is 2.39. The van der Waals surface area contributed by atoms with E-state index in [2.05, 4.69) is 4.98 Å². The number of hydrogen-bond donors (Lipinski definition) is 1. The summed E-state index contributed by atoms with van der Waals surface area (Å²) in [4.78, 5) is 28.3. The molecule has 3 aromatic heterocycles. The first kappa shape index (κ1) is 15.8. The zero-order chi connectivity index (χ0) is 17.5. The highest BCUT2D eigenvalue weighted by Crippen LogP contribution is 2.23. The molecule has 0 aromatic carbocycles. The molecule has 0 radical (unpaired) electrons. The molecular weight excluding hydrogens is 308 g/mol. The van der Waals surface area contributed by atoms with Crippen molar-refractivity contribution in [3.8, 4) is 11.4 Å². The Labute approximate surface area is 138 Å². The summed E-state index contributed by atoms with van der Waals surface area (Å²) in [6, 6.07) is 8.24. The van der Waals surface area contributed by atoms with Crippen molar-refractivity contribution in [2.75, 3.05) is 0 Å². The first-order valence-corrected chi connectivity index (χ1v) is 7.45. The molecule has 0 aliphatic rings. The van der Waals surface area contributed by atoms with Crippen LogP contribution in [0.1, 0.15) is 20.8 Å². The maximum atomic E-state index is 12.3. The summed E-state index contributed by atoms with van der Waals surface area (Å²) in [5.74, 6) is 0. The maximum Gasteiger partial charge on any atom is 0.419 e. The van der Waals surface area contributed by atoms with E-state index in [4.69, 9.17) is 10.5 Å². The number of fused-ring (bicyclic) bond motifs is 1. The van der Waals surface area contributed by atoms with Gasteiger partial charge in [0.25, 0.3) is 0 Å². The fourth-order valence-corrected chi connectivity index (χ4v) is 2.39. The van der Waals surface area contributed by atoms with E-state index in [1.54, 1.807) is 57.4 Å². The van der Waals surface area contributed by atoms with Crippen molar-refractivity contribution in [3.05, 3.63) is 42.7 Å². The second-order valence-corrected chi connectivity index (χ2v) is 6.38. The van der Waals surface area contributed by atoms with E-state index in [0.29, 0.717) is 17.0 Å². The molecule has 0 bridgehead atoms. The minimum Gasteiger partial charge on any atom is -0.443 e. The van der Waals surface area contributed by atoms with Crippen molar-refractivity contribution in [2.24, 2.45) is 5.73 Å². The third kappa shape index (κ3) is 2.88. The van der Waals surface area contributed by atoms with Crippen molar-refractivity contribution in [2.45, 2.75) is 26.4 Å². The Kier molecular flexibility index (Phi) is 3.63. The van der Waals surface area contributed by atoms with Crippen LogP contribution in [-0.2, 0) is 4.74 Å². The van der Waals surface area contributed by atoms with Gasteiger partial charge in [0, 0.05) is 17.8 Å². The Balaban J connectivity index is 2.06. The van der Waals surface area contributed by atoms with Crippen LogP contribution in [0.5, 0.6) is 0 Å². The van der Waals surface area contributed by atoms with Crippen molar-refractivity contribution in [3.63, 3.8) is 0 Å². The van der Waals surface area contributed by atoms with Crippen LogP contribution < -0.4 is 5.73 Å². The smallest absolute Gasteiger partial charge is 0.419 e. The van der Waals surface area contributed by atoms with Crippen LogP contribution in [0.25, 0.3) is 22.4 Å². The first-order chi connectivity index (χ1) is 11.3. The second kappa shape index (κ2) is 5.52. The number of nitrogens with zero attached hydrogens (tertiary/aromatic N) is 3. The Hall–Kier alpha value is -3.09. The minimum absolute atomic E-state index is 0.442. The fraction of sp³-hybridized carbons (Fsp3) is 0.235. The lowest BCUT2D eigenvalue weighted by Crippen LogP contribution is -2.27. The third-order valence-electron chi connectivity index (χ3n) is 3.38. The van der Waals surface area contributed by atoms with E-state index >= 15 is 0 Å². The summed E-state index contributed by atoms with van der Waals surface area (Å²) >= 11 is 0. The summed E-state index contributed by atoms with van der Waals surface area (Å²) in [7, 11) is 0. The summed E-state index contributed by atoms with van der Waals surface area (Å²) in [5.41, 5.74) is 6.30. The Morgan fingerprint density at radius 1 is 1.08 bits per heavy atom. The standard InChI is InChI=1S/C17H18N4O3/c1-17(2,3)24-16(23)20-9-4-5-13(20)12-7-6-11-8-10-21(15(18)22)14(11)19-12/h4-10H,1-3H3,(H2,18,22). The van der Waals surface area contributed by atoms with E-state index in [9.17, 15) is 9.59 Å². The van der Waals surface area contributed by atoms with Crippen LogP contribution in [0.15, 0.2) is 42.7 Å². The number of primary amides is 1. The van der Waals surface area contributed by atoms with Gasteiger partial charge in [-0.05, 0) is 51.1 Å². The normalized spacial score (nSPS) is 11.6. The molecule has 1 amide bonds. The van der Waals surface area contributed by atoms with Crippen LogP contribution in [0.3, 0.4) is 0 Å². The van der Waals surface area contributed by atoms with Gasteiger partial charge in [-0.3, -0.25) is 9.13 Å². The van der Waals surface area contributed by atoms with Crippen molar-refractivity contribution < 1.29 is 14.3 Å². The molecule has 0 unspecified atom stereocenters. The van der Waals surface area contributed by atoms with Gasteiger partial charge in [0.15, 0.2) is 0 Å². The molecule has 124 valence electrons. The number of amides is 1. The third-order valence-corrected chi connectivity index (χ3v) is 3.38. The predicted molar refractivity (Wildman–Crippen MR) is 89.8 cm³/mol. The second-order valence-electron chi connectivity index (χ2n) is 6.38. The molecule has 3 aromatic rings. The number of carbonyl (C=O) groups excluding carboxylic acids is 2. The molecular formula is C17H18N4O3.